The van der Waals surface area contributed by atoms with Crippen LogP contribution in [0.5, 0.6) is 0 Å². The second-order valence-corrected chi connectivity index (χ2v) is 11.2. The van der Waals surface area contributed by atoms with Gasteiger partial charge in [0.2, 0.25) is 0 Å². The van der Waals surface area contributed by atoms with Crippen molar-refractivity contribution in [3.8, 4) is 6.07 Å². The van der Waals surface area contributed by atoms with E-state index in [1.807, 2.05) is 26.0 Å². The van der Waals surface area contributed by atoms with Crippen molar-refractivity contribution in [2.24, 2.45) is 11.1 Å². The Morgan fingerprint density at radius 1 is 1.25 bits per heavy atom. The molecular formula is C23H19BrF3N3OS. The molecule has 0 bridgehead atoms. The lowest BCUT2D eigenvalue weighted by atomic mass is 9.69. The van der Waals surface area contributed by atoms with Crippen LogP contribution in [-0.2, 0) is 11.0 Å². The summed E-state index contributed by atoms with van der Waals surface area (Å²) in [5.41, 5.74) is 6.54. The zero-order chi connectivity index (χ0) is 23.4. The number of halogens is 4. The zero-order valence-corrected chi connectivity index (χ0v) is 19.7. The van der Waals surface area contributed by atoms with Gasteiger partial charge in [-0.3, -0.25) is 9.69 Å². The van der Waals surface area contributed by atoms with Crippen LogP contribution in [0.15, 0.2) is 62.8 Å². The summed E-state index contributed by atoms with van der Waals surface area (Å²) in [6, 6.07) is 10.6. The van der Waals surface area contributed by atoms with Gasteiger partial charge in [-0.25, -0.2) is 0 Å². The van der Waals surface area contributed by atoms with Crippen molar-refractivity contribution in [2.45, 2.75) is 38.8 Å². The maximum Gasteiger partial charge on any atom is 0.416 e. The molecule has 0 spiro atoms. The van der Waals surface area contributed by atoms with Crippen molar-refractivity contribution in [3.63, 3.8) is 0 Å². The van der Waals surface area contributed by atoms with Crippen molar-refractivity contribution >= 4 is 38.7 Å². The minimum atomic E-state index is -4.53. The van der Waals surface area contributed by atoms with Gasteiger partial charge in [-0.1, -0.05) is 19.9 Å². The highest BCUT2D eigenvalue weighted by molar-refractivity contribution is 9.11. The number of hydrogen-bond donors (Lipinski definition) is 1. The summed E-state index contributed by atoms with van der Waals surface area (Å²) in [5.74, 6) is -0.717. The van der Waals surface area contributed by atoms with E-state index in [0.29, 0.717) is 17.7 Å². The lowest BCUT2D eigenvalue weighted by Gasteiger charge is -2.43. The van der Waals surface area contributed by atoms with Crippen LogP contribution in [0.4, 0.5) is 18.9 Å². The third-order valence-corrected chi connectivity index (χ3v) is 7.38. The molecule has 4 nitrogen and oxygen atoms in total. The monoisotopic (exact) mass is 521 g/mol. The summed E-state index contributed by atoms with van der Waals surface area (Å²) in [7, 11) is 0. The first-order valence-corrected chi connectivity index (χ1v) is 11.4. The van der Waals surface area contributed by atoms with E-state index in [4.69, 9.17) is 5.73 Å². The van der Waals surface area contributed by atoms with Crippen LogP contribution in [0.3, 0.4) is 0 Å². The molecule has 0 unspecified atom stereocenters. The SMILES string of the molecule is CC1(C)CC(=O)C2=C(C1)N(c1cccc(C(F)(F)F)c1)C(N)=C(C#N)[C@H]2c1ccc(Br)s1. The van der Waals surface area contributed by atoms with Gasteiger partial charge in [0.05, 0.1) is 26.9 Å². The number of carbonyl (C=O) groups is 1. The molecule has 1 aromatic heterocycles. The molecule has 0 amide bonds. The predicted octanol–water partition coefficient (Wildman–Crippen LogP) is 6.47. The minimum absolute atomic E-state index is 0.0468. The van der Waals surface area contributed by atoms with Crippen LogP contribution in [0.1, 0.15) is 43.0 Å². The smallest absolute Gasteiger partial charge is 0.384 e. The first kappa shape index (κ1) is 22.6. The molecule has 32 heavy (non-hydrogen) atoms. The van der Waals surface area contributed by atoms with Gasteiger partial charge in [-0.15, -0.1) is 11.3 Å². The topological polar surface area (TPSA) is 70.1 Å². The van der Waals surface area contributed by atoms with E-state index in [0.717, 1.165) is 20.8 Å². The van der Waals surface area contributed by atoms with Gasteiger partial charge in [0.25, 0.3) is 0 Å². The Bertz CT molecular complexity index is 1220. The normalized spacial score (nSPS) is 21.0. The Morgan fingerprint density at radius 3 is 2.56 bits per heavy atom. The summed E-state index contributed by atoms with van der Waals surface area (Å²) in [6.07, 6.45) is -3.82. The van der Waals surface area contributed by atoms with Crippen molar-refractivity contribution in [1.29, 1.82) is 5.26 Å². The van der Waals surface area contributed by atoms with Crippen molar-refractivity contribution in [3.05, 3.63) is 73.3 Å². The zero-order valence-electron chi connectivity index (χ0n) is 17.3. The summed E-state index contributed by atoms with van der Waals surface area (Å²) in [4.78, 5) is 15.6. The lowest BCUT2D eigenvalue weighted by Crippen LogP contribution is -2.42. The fourth-order valence-electron chi connectivity index (χ4n) is 4.39. The number of nitrogens with two attached hydrogens (primary N) is 1. The highest BCUT2D eigenvalue weighted by Gasteiger charge is 2.45. The third-order valence-electron chi connectivity index (χ3n) is 5.69. The van der Waals surface area contributed by atoms with Crippen LogP contribution in [0.25, 0.3) is 0 Å². The third kappa shape index (κ3) is 3.86. The maximum absolute atomic E-state index is 13.4. The van der Waals surface area contributed by atoms with Crippen LogP contribution >= 0.6 is 27.3 Å². The standard InChI is InChI=1S/C23H19BrF3N3OS/c1-22(2)9-15-20(16(31)10-22)19(17-6-7-18(24)32-17)14(11-28)21(29)30(15)13-5-3-4-12(8-13)23(25,26)27/h3-8,19H,9-10,29H2,1-2H3/t19-/m0/s1. The molecular weight excluding hydrogens is 503 g/mol. The fraction of sp³-hybridized carbons (Fsp3) is 0.304. The number of rotatable bonds is 2. The van der Waals surface area contributed by atoms with E-state index in [1.165, 1.54) is 28.4 Å². The molecule has 1 atom stereocenters. The van der Waals surface area contributed by atoms with E-state index in [1.54, 1.807) is 0 Å². The van der Waals surface area contributed by atoms with Crippen molar-refractivity contribution in [2.75, 3.05) is 4.90 Å². The van der Waals surface area contributed by atoms with Gasteiger partial charge < -0.3 is 5.73 Å². The van der Waals surface area contributed by atoms with Crippen molar-refractivity contribution < 1.29 is 18.0 Å². The largest absolute Gasteiger partial charge is 0.416 e. The van der Waals surface area contributed by atoms with Gasteiger partial charge in [0.15, 0.2) is 5.78 Å². The highest BCUT2D eigenvalue weighted by atomic mass is 79.9. The van der Waals surface area contributed by atoms with Gasteiger partial charge >= 0.3 is 6.18 Å². The molecule has 4 rings (SSSR count). The summed E-state index contributed by atoms with van der Waals surface area (Å²) in [5, 5.41) is 9.99. The number of anilines is 1. The van der Waals surface area contributed by atoms with E-state index in [-0.39, 0.29) is 29.3 Å². The molecule has 1 aromatic carbocycles. The predicted molar refractivity (Wildman–Crippen MR) is 121 cm³/mol. The highest BCUT2D eigenvalue weighted by Crippen LogP contribution is 2.51. The molecule has 0 saturated heterocycles. The Kier molecular flexibility index (Phi) is 5.50. The number of thiophene rings is 1. The number of Topliss-reactive ketones (excluding diaryl/α,β-unsaturated/α-hetero) is 1. The average Bonchev–Trinajstić information content (AvgIpc) is 3.11. The summed E-state index contributed by atoms with van der Waals surface area (Å²) >= 11 is 4.82. The Hall–Kier alpha value is -2.57. The Labute approximate surface area is 196 Å². The van der Waals surface area contributed by atoms with Gasteiger partial charge in [0, 0.05) is 28.3 Å². The van der Waals surface area contributed by atoms with Gasteiger partial charge in [-0.2, -0.15) is 18.4 Å². The first-order valence-electron chi connectivity index (χ1n) is 9.81. The minimum Gasteiger partial charge on any atom is -0.384 e. The van der Waals surface area contributed by atoms with Crippen LogP contribution in [0.2, 0.25) is 0 Å². The maximum atomic E-state index is 13.4. The molecule has 1 aliphatic heterocycles. The second-order valence-electron chi connectivity index (χ2n) is 8.67. The molecule has 166 valence electrons. The summed E-state index contributed by atoms with van der Waals surface area (Å²) < 4.78 is 41.0. The number of nitrogens with zero attached hydrogens (tertiary/aromatic N) is 2. The lowest BCUT2D eigenvalue weighted by molar-refractivity contribution is -0.137. The quantitative estimate of drug-likeness (QED) is 0.491. The van der Waals surface area contributed by atoms with Gasteiger partial charge in [0.1, 0.15) is 5.82 Å². The molecule has 2 N–H and O–H groups in total. The molecule has 2 aromatic rings. The van der Waals surface area contributed by atoms with Crippen LogP contribution in [0, 0.1) is 16.7 Å². The summed E-state index contributed by atoms with van der Waals surface area (Å²) in [6.45, 7) is 3.88. The molecule has 2 aliphatic rings. The number of alkyl halides is 3. The number of benzene rings is 1. The molecule has 9 heteroatoms. The molecule has 0 saturated carbocycles. The van der Waals surface area contributed by atoms with E-state index < -0.39 is 23.1 Å². The molecule has 0 fully saturated rings. The Morgan fingerprint density at radius 2 is 1.97 bits per heavy atom. The van der Waals surface area contributed by atoms with Gasteiger partial charge in [-0.05, 0) is 58.1 Å². The van der Waals surface area contributed by atoms with Crippen LogP contribution in [-0.4, -0.2) is 5.78 Å². The molecule has 0 radical (unpaired) electrons. The number of allylic oxidation sites excluding steroid dienone is 3. The van der Waals surface area contributed by atoms with Crippen LogP contribution < -0.4 is 10.6 Å². The van der Waals surface area contributed by atoms with E-state index in [2.05, 4.69) is 22.0 Å². The number of nitriles is 1. The molecule has 1 aliphatic carbocycles. The fourth-order valence-corrected chi connectivity index (χ4v) is 5.94. The first-order chi connectivity index (χ1) is 14.9. The van der Waals surface area contributed by atoms with E-state index >= 15 is 0 Å². The van der Waals surface area contributed by atoms with E-state index in [9.17, 15) is 23.2 Å². The average molecular weight is 522 g/mol. The number of carbonyl (C=O) groups excluding carboxylic acids is 1. The Balaban J connectivity index is 1.99. The number of hydrogen-bond acceptors (Lipinski definition) is 5. The van der Waals surface area contributed by atoms with Crippen molar-refractivity contribution in [1.82, 2.24) is 0 Å². The molecule has 2 heterocycles. The number of ketones is 1. The second kappa shape index (κ2) is 7.78.